The molecule has 32 heavy (non-hydrogen) atoms. The lowest BCUT2D eigenvalue weighted by molar-refractivity contribution is 0.0698. The second-order valence-electron chi connectivity index (χ2n) is 9.03. The minimum absolute atomic E-state index is 0.121. The number of aromatic carboxylic acids is 1. The molecule has 0 aliphatic heterocycles. The predicted octanol–water partition coefficient (Wildman–Crippen LogP) is 7.39. The summed E-state index contributed by atoms with van der Waals surface area (Å²) in [4.78, 5) is 18.4. The van der Waals surface area contributed by atoms with Crippen molar-refractivity contribution in [3.05, 3.63) is 59.2 Å². The maximum atomic E-state index is 12.4. The van der Waals surface area contributed by atoms with Crippen LogP contribution in [0.3, 0.4) is 0 Å². The van der Waals surface area contributed by atoms with Gasteiger partial charge in [0.2, 0.25) is 0 Å². The zero-order valence-corrected chi connectivity index (χ0v) is 19.5. The SMILES string of the molecule is Cc1c(-c2cc(C(=O)O)c3c(O[C@H]4CCC[C@@H](C)C4)ccc(C)c3n2)sc2ccccc12. The number of pyridine rings is 1. The molecule has 2 atom stereocenters. The third kappa shape index (κ3) is 3.65. The first kappa shape index (κ1) is 21.0. The number of aromatic nitrogens is 1. The van der Waals surface area contributed by atoms with E-state index in [1.54, 1.807) is 17.4 Å². The molecule has 0 amide bonds. The average molecular weight is 446 g/mol. The number of benzene rings is 2. The zero-order chi connectivity index (χ0) is 22.4. The molecule has 1 aliphatic carbocycles. The Morgan fingerprint density at radius 1 is 1.16 bits per heavy atom. The molecule has 4 aromatic rings. The Bertz CT molecular complexity index is 1340. The van der Waals surface area contributed by atoms with Gasteiger partial charge in [0.25, 0.3) is 0 Å². The van der Waals surface area contributed by atoms with Gasteiger partial charge < -0.3 is 9.84 Å². The molecule has 0 unspecified atom stereocenters. The molecule has 164 valence electrons. The van der Waals surface area contributed by atoms with E-state index in [1.165, 1.54) is 16.5 Å². The number of carboxylic acid groups (broad SMARTS) is 1. The van der Waals surface area contributed by atoms with Gasteiger partial charge in [-0.25, -0.2) is 9.78 Å². The van der Waals surface area contributed by atoms with Crippen LogP contribution in [0.2, 0.25) is 0 Å². The molecule has 1 fully saturated rings. The Hall–Kier alpha value is -2.92. The summed E-state index contributed by atoms with van der Waals surface area (Å²) in [6.07, 6.45) is 4.51. The van der Waals surface area contributed by atoms with Crippen molar-refractivity contribution in [1.82, 2.24) is 4.98 Å². The van der Waals surface area contributed by atoms with Gasteiger partial charge in [0.1, 0.15) is 5.75 Å². The Kier molecular flexibility index (Phi) is 5.38. The standard InChI is InChI=1S/C27H27NO3S/c1-15-7-6-8-18(13-15)31-22-12-11-16(2)25-24(22)20(27(29)30)14-21(28-25)26-17(3)19-9-4-5-10-23(19)32-26/h4-5,9-12,14-15,18H,6-8,13H2,1-3H3,(H,29,30)/t15-,18+/m1/s1. The van der Waals surface area contributed by atoms with Crippen molar-refractivity contribution in [1.29, 1.82) is 0 Å². The number of rotatable bonds is 4. The van der Waals surface area contributed by atoms with Gasteiger partial charge in [0, 0.05) is 4.70 Å². The van der Waals surface area contributed by atoms with E-state index in [0.29, 0.717) is 28.3 Å². The van der Waals surface area contributed by atoms with Gasteiger partial charge in [0.15, 0.2) is 0 Å². The lowest BCUT2D eigenvalue weighted by Crippen LogP contribution is -2.24. The number of carboxylic acids is 1. The number of fused-ring (bicyclic) bond motifs is 2. The van der Waals surface area contributed by atoms with E-state index in [2.05, 4.69) is 26.0 Å². The molecule has 0 radical (unpaired) electrons. The molecular formula is C27H27NO3S. The van der Waals surface area contributed by atoms with Crippen LogP contribution in [0.15, 0.2) is 42.5 Å². The van der Waals surface area contributed by atoms with Crippen molar-refractivity contribution in [2.45, 2.75) is 52.6 Å². The predicted molar refractivity (Wildman–Crippen MR) is 131 cm³/mol. The minimum Gasteiger partial charge on any atom is -0.490 e. The topological polar surface area (TPSA) is 59.4 Å². The number of nitrogens with zero attached hydrogens (tertiary/aromatic N) is 1. The number of ether oxygens (including phenoxy) is 1. The van der Waals surface area contributed by atoms with Crippen molar-refractivity contribution in [2.75, 3.05) is 0 Å². The van der Waals surface area contributed by atoms with E-state index in [-0.39, 0.29) is 11.7 Å². The van der Waals surface area contributed by atoms with Crippen molar-refractivity contribution < 1.29 is 14.6 Å². The largest absolute Gasteiger partial charge is 0.490 e. The third-order valence-corrected chi connectivity index (χ3v) is 7.91. The van der Waals surface area contributed by atoms with Gasteiger partial charge in [-0.05, 0) is 73.7 Å². The van der Waals surface area contributed by atoms with Crippen LogP contribution in [0.4, 0.5) is 0 Å². The molecule has 2 heterocycles. The summed E-state index contributed by atoms with van der Waals surface area (Å²) in [5.41, 5.74) is 3.75. The summed E-state index contributed by atoms with van der Waals surface area (Å²) in [6.45, 7) is 6.32. The molecule has 5 heteroatoms. The maximum absolute atomic E-state index is 12.4. The van der Waals surface area contributed by atoms with Crippen LogP contribution in [0.25, 0.3) is 31.6 Å². The lowest BCUT2D eigenvalue weighted by Gasteiger charge is -2.28. The lowest BCUT2D eigenvalue weighted by atomic mass is 9.88. The smallest absolute Gasteiger partial charge is 0.336 e. The number of thiophene rings is 1. The number of hydrogen-bond acceptors (Lipinski definition) is 4. The van der Waals surface area contributed by atoms with Crippen molar-refractivity contribution >= 4 is 38.3 Å². The highest BCUT2D eigenvalue weighted by atomic mass is 32.1. The van der Waals surface area contributed by atoms with Gasteiger partial charge in [-0.2, -0.15) is 0 Å². The van der Waals surface area contributed by atoms with E-state index in [0.717, 1.165) is 35.3 Å². The van der Waals surface area contributed by atoms with Crippen LogP contribution in [0.1, 0.15) is 54.1 Å². The Morgan fingerprint density at radius 3 is 2.72 bits per heavy atom. The average Bonchev–Trinajstić information content (AvgIpc) is 3.12. The van der Waals surface area contributed by atoms with Crippen molar-refractivity contribution in [2.24, 2.45) is 5.92 Å². The summed E-state index contributed by atoms with van der Waals surface area (Å²) in [6, 6.07) is 13.9. The third-order valence-electron chi connectivity index (χ3n) is 6.61. The molecule has 2 aromatic heterocycles. The normalized spacial score (nSPS) is 18.8. The van der Waals surface area contributed by atoms with Crippen LogP contribution in [0.5, 0.6) is 5.75 Å². The van der Waals surface area contributed by atoms with Crippen LogP contribution in [-0.2, 0) is 0 Å². The fraction of sp³-hybridized carbons (Fsp3) is 0.333. The molecule has 5 rings (SSSR count). The van der Waals surface area contributed by atoms with Crippen LogP contribution in [-0.4, -0.2) is 22.2 Å². The van der Waals surface area contributed by atoms with Crippen molar-refractivity contribution in [3.8, 4) is 16.3 Å². The molecule has 0 spiro atoms. The number of aryl methyl sites for hydroxylation is 2. The minimum atomic E-state index is -0.954. The zero-order valence-electron chi connectivity index (χ0n) is 18.6. The molecule has 1 aliphatic rings. The van der Waals surface area contributed by atoms with E-state index in [4.69, 9.17) is 9.72 Å². The maximum Gasteiger partial charge on any atom is 0.336 e. The quantitative estimate of drug-likeness (QED) is 0.356. The first-order valence-corrected chi connectivity index (χ1v) is 12.1. The molecule has 0 bridgehead atoms. The Balaban J connectivity index is 1.68. The molecule has 1 saturated carbocycles. The van der Waals surface area contributed by atoms with E-state index >= 15 is 0 Å². The summed E-state index contributed by atoms with van der Waals surface area (Å²) in [5.74, 6) is 0.309. The first-order valence-electron chi connectivity index (χ1n) is 11.2. The van der Waals surface area contributed by atoms with Crippen LogP contribution >= 0.6 is 11.3 Å². The highest BCUT2D eigenvalue weighted by molar-refractivity contribution is 7.22. The second kappa shape index (κ2) is 8.21. The van der Waals surface area contributed by atoms with Gasteiger partial charge in [-0.3, -0.25) is 0 Å². The summed E-state index contributed by atoms with van der Waals surface area (Å²) in [5, 5.41) is 11.9. The summed E-state index contributed by atoms with van der Waals surface area (Å²) in [7, 11) is 0. The molecule has 2 aromatic carbocycles. The number of hydrogen-bond donors (Lipinski definition) is 1. The van der Waals surface area contributed by atoms with E-state index in [1.807, 2.05) is 31.2 Å². The van der Waals surface area contributed by atoms with Gasteiger partial charge in [0.05, 0.1) is 33.1 Å². The van der Waals surface area contributed by atoms with Gasteiger partial charge >= 0.3 is 5.97 Å². The first-order chi connectivity index (χ1) is 15.4. The molecule has 4 nitrogen and oxygen atoms in total. The Morgan fingerprint density at radius 2 is 1.97 bits per heavy atom. The van der Waals surface area contributed by atoms with E-state index in [9.17, 15) is 9.90 Å². The second-order valence-corrected chi connectivity index (χ2v) is 10.1. The van der Waals surface area contributed by atoms with Crippen molar-refractivity contribution in [3.63, 3.8) is 0 Å². The van der Waals surface area contributed by atoms with Gasteiger partial charge in [-0.15, -0.1) is 11.3 Å². The molecular weight excluding hydrogens is 418 g/mol. The fourth-order valence-corrected chi connectivity index (χ4v) is 6.08. The fourth-order valence-electron chi connectivity index (χ4n) is 4.91. The number of carbonyl (C=O) groups is 1. The van der Waals surface area contributed by atoms with E-state index < -0.39 is 5.97 Å². The highest BCUT2D eigenvalue weighted by Crippen LogP contribution is 2.41. The highest BCUT2D eigenvalue weighted by Gasteiger charge is 2.24. The molecule has 1 N–H and O–H groups in total. The summed E-state index contributed by atoms with van der Waals surface area (Å²) < 4.78 is 7.58. The molecule has 0 saturated heterocycles. The van der Waals surface area contributed by atoms with Crippen LogP contribution in [0, 0.1) is 19.8 Å². The Labute approximate surface area is 191 Å². The summed E-state index contributed by atoms with van der Waals surface area (Å²) >= 11 is 1.66. The van der Waals surface area contributed by atoms with Gasteiger partial charge in [-0.1, -0.05) is 37.6 Å². The monoisotopic (exact) mass is 445 g/mol. The van der Waals surface area contributed by atoms with Crippen LogP contribution < -0.4 is 4.74 Å².